The maximum absolute atomic E-state index is 8.88. The lowest BCUT2D eigenvalue weighted by molar-refractivity contribution is 0.110. The molecule has 0 aliphatic carbocycles. The molecule has 0 spiro atoms. The maximum atomic E-state index is 8.88. The first-order valence-corrected chi connectivity index (χ1v) is 4.59. The first-order valence-electron chi connectivity index (χ1n) is 4.21. The Bertz CT molecular complexity index is 274. The molecule has 1 unspecified atom stereocenters. The van der Waals surface area contributed by atoms with Crippen molar-refractivity contribution in [1.29, 1.82) is 0 Å². The van der Waals surface area contributed by atoms with E-state index in [1.165, 1.54) is 6.92 Å². The molecule has 4 heteroatoms. The Morgan fingerprint density at radius 3 is 2.21 bits per heavy atom. The van der Waals surface area contributed by atoms with Gasteiger partial charge >= 0.3 is 0 Å². The van der Waals surface area contributed by atoms with E-state index >= 15 is 0 Å². The van der Waals surface area contributed by atoms with Crippen LogP contribution < -0.4 is 0 Å². The second-order valence-corrected chi connectivity index (χ2v) is 3.37. The van der Waals surface area contributed by atoms with Crippen LogP contribution in [0.15, 0.2) is 18.2 Å². The molecule has 0 bridgehead atoms. The second-order valence-electron chi connectivity index (χ2n) is 2.97. The number of aromatic hydroxyl groups is 1. The van der Waals surface area contributed by atoms with E-state index in [0.29, 0.717) is 5.02 Å². The molecule has 0 radical (unpaired) electrons. The Kier molecular flexibility index (Phi) is 6.28. The number of rotatable bonds is 1. The van der Waals surface area contributed by atoms with Gasteiger partial charge in [-0.1, -0.05) is 11.6 Å². The Labute approximate surface area is 88.6 Å². The summed E-state index contributed by atoms with van der Waals surface area (Å²) in [5, 5.41) is 25.6. The molecule has 1 atom stereocenters. The number of hydrogen-bond donors (Lipinski definition) is 3. The van der Waals surface area contributed by atoms with E-state index in [0.717, 1.165) is 5.56 Å². The summed E-state index contributed by atoms with van der Waals surface area (Å²) in [4.78, 5) is 0. The van der Waals surface area contributed by atoms with Crippen LogP contribution in [0.3, 0.4) is 0 Å². The lowest BCUT2D eigenvalue weighted by Crippen LogP contribution is -2.03. The smallest absolute Gasteiger partial charge is 0.115 e. The molecule has 80 valence electrons. The molecule has 0 saturated heterocycles. The van der Waals surface area contributed by atoms with Gasteiger partial charge in [-0.2, -0.15) is 0 Å². The van der Waals surface area contributed by atoms with Gasteiger partial charge in [-0.05, 0) is 37.6 Å². The van der Waals surface area contributed by atoms with Gasteiger partial charge in [0.15, 0.2) is 0 Å². The fourth-order valence-corrected chi connectivity index (χ4v) is 0.746. The predicted octanol–water partition coefficient (Wildman–Crippen LogP) is 1.71. The number of benzene rings is 1. The predicted molar refractivity (Wildman–Crippen MR) is 56.6 cm³/mol. The summed E-state index contributed by atoms with van der Waals surface area (Å²) in [5.74, 6) is 0.261. The van der Waals surface area contributed by atoms with Gasteiger partial charge in [0.05, 0.1) is 12.7 Å². The zero-order valence-electron chi connectivity index (χ0n) is 8.24. The second kappa shape index (κ2) is 6.65. The van der Waals surface area contributed by atoms with Crippen LogP contribution >= 0.6 is 11.6 Å². The minimum atomic E-state index is -0.560. The van der Waals surface area contributed by atoms with Crippen molar-refractivity contribution in [2.75, 3.05) is 6.61 Å². The minimum absolute atomic E-state index is 0.139. The molecule has 0 aliphatic rings. The quantitative estimate of drug-likeness (QED) is 0.673. The van der Waals surface area contributed by atoms with Gasteiger partial charge in [0.25, 0.3) is 0 Å². The first-order chi connectivity index (χ1) is 6.47. The largest absolute Gasteiger partial charge is 0.508 e. The van der Waals surface area contributed by atoms with Crippen molar-refractivity contribution in [3.05, 3.63) is 28.8 Å². The average Bonchev–Trinajstić information content (AvgIpc) is 2.13. The highest BCUT2D eigenvalue weighted by Gasteiger charge is 1.93. The van der Waals surface area contributed by atoms with Crippen molar-refractivity contribution in [1.82, 2.24) is 0 Å². The fourth-order valence-electron chi connectivity index (χ4n) is 0.629. The highest BCUT2D eigenvalue weighted by atomic mass is 35.5. The summed E-state index contributed by atoms with van der Waals surface area (Å²) < 4.78 is 0. The van der Waals surface area contributed by atoms with E-state index < -0.39 is 6.10 Å². The molecule has 0 fully saturated rings. The third-order valence-electron chi connectivity index (χ3n) is 1.41. The molecular formula is C10H15ClO3. The van der Waals surface area contributed by atoms with Gasteiger partial charge in [0.2, 0.25) is 0 Å². The summed E-state index contributed by atoms with van der Waals surface area (Å²) in [6.07, 6.45) is -0.560. The minimum Gasteiger partial charge on any atom is -0.508 e. The van der Waals surface area contributed by atoms with Crippen LogP contribution in [0.4, 0.5) is 0 Å². The zero-order chi connectivity index (χ0) is 11.1. The number of aryl methyl sites for hydroxylation is 1. The Balaban J connectivity index is 0.000000292. The van der Waals surface area contributed by atoms with Gasteiger partial charge in [0, 0.05) is 5.02 Å². The zero-order valence-corrected chi connectivity index (χ0v) is 8.99. The van der Waals surface area contributed by atoms with Gasteiger partial charge in [-0.3, -0.25) is 0 Å². The molecular weight excluding hydrogens is 204 g/mol. The Morgan fingerprint density at radius 2 is 1.93 bits per heavy atom. The average molecular weight is 219 g/mol. The number of aliphatic hydroxyl groups excluding tert-OH is 2. The summed E-state index contributed by atoms with van der Waals surface area (Å²) in [5.41, 5.74) is 0.900. The van der Waals surface area contributed by atoms with Crippen LogP contribution in [0.2, 0.25) is 5.02 Å². The fraction of sp³-hybridized carbons (Fsp3) is 0.400. The van der Waals surface area contributed by atoms with Crippen LogP contribution in [-0.4, -0.2) is 28.0 Å². The topological polar surface area (TPSA) is 60.7 Å². The van der Waals surface area contributed by atoms with E-state index in [1.54, 1.807) is 18.2 Å². The Hall–Kier alpha value is -0.770. The van der Waals surface area contributed by atoms with Crippen molar-refractivity contribution in [3.8, 4) is 5.75 Å². The number of hydrogen-bond acceptors (Lipinski definition) is 3. The van der Waals surface area contributed by atoms with Crippen LogP contribution in [0, 0.1) is 6.92 Å². The summed E-state index contributed by atoms with van der Waals surface area (Å²) >= 11 is 5.67. The molecule has 1 rings (SSSR count). The van der Waals surface area contributed by atoms with Crippen molar-refractivity contribution < 1.29 is 15.3 Å². The van der Waals surface area contributed by atoms with Gasteiger partial charge in [0.1, 0.15) is 5.75 Å². The summed E-state index contributed by atoms with van der Waals surface area (Å²) in [6.45, 7) is 3.24. The molecule has 0 amide bonds. The number of phenolic OH excluding ortho intramolecular Hbond substituents is 1. The molecule has 14 heavy (non-hydrogen) atoms. The number of aliphatic hydroxyl groups is 2. The molecule has 1 aromatic rings. The SMILES string of the molecule is CC(O)CO.Cc1cc(O)ccc1Cl. The molecule has 0 saturated carbocycles. The van der Waals surface area contributed by atoms with Gasteiger partial charge in [-0.15, -0.1) is 0 Å². The lowest BCUT2D eigenvalue weighted by atomic mass is 10.2. The third-order valence-corrected chi connectivity index (χ3v) is 1.83. The summed E-state index contributed by atoms with van der Waals surface area (Å²) in [7, 11) is 0. The van der Waals surface area contributed by atoms with E-state index in [2.05, 4.69) is 0 Å². The van der Waals surface area contributed by atoms with E-state index in [9.17, 15) is 0 Å². The molecule has 0 heterocycles. The molecule has 3 N–H and O–H groups in total. The van der Waals surface area contributed by atoms with E-state index in [1.807, 2.05) is 6.92 Å². The highest BCUT2D eigenvalue weighted by molar-refractivity contribution is 6.31. The van der Waals surface area contributed by atoms with Crippen LogP contribution in [-0.2, 0) is 0 Å². The van der Waals surface area contributed by atoms with E-state index in [-0.39, 0.29) is 12.4 Å². The van der Waals surface area contributed by atoms with Crippen molar-refractivity contribution in [2.45, 2.75) is 20.0 Å². The lowest BCUT2D eigenvalue weighted by Gasteiger charge is -1.95. The molecule has 1 aromatic carbocycles. The number of phenols is 1. The van der Waals surface area contributed by atoms with Crippen molar-refractivity contribution in [2.24, 2.45) is 0 Å². The first kappa shape index (κ1) is 13.2. The standard InChI is InChI=1S/C7H7ClO.C3H8O2/c1-5-4-6(9)2-3-7(5)8;1-3(5)2-4/h2-4,9H,1H3;3-5H,2H2,1H3. The Morgan fingerprint density at radius 1 is 1.43 bits per heavy atom. The normalized spacial score (nSPS) is 11.5. The molecule has 3 nitrogen and oxygen atoms in total. The summed E-state index contributed by atoms with van der Waals surface area (Å²) in [6, 6.07) is 4.86. The maximum Gasteiger partial charge on any atom is 0.115 e. The van der Waals surface area contributed by atoms with E-state index in [4.69, 9.17) is 26.9 Å². The number of halogens is 1. The van der Waals surface area contributed by atoms with Crippen molar-refractivity contribution in [3.63, 3.8) is 0 Å². The third kappa shape index (κ3) is 5.80. The van der Waals surface area contributed by atoms with Gasteiger partial charge in [-0.25, -0.2) is 0 Å². The molecule has 0 aromatic heterocycles. The highest BCUT2D eigenvalue weighted by Crippen LogP contribution is 2.19. The monoisotopic (exact) mass is 218 g/mol. The van der Waals surface area contributed by atoms with Crippen LogP contribution in [0.5, 0.6) is 5.75 Å². The van der Waals surface area contributed by atoms with Gasteiger partial charge < -0.3 is 15.3 Å². The molecule has 0 aliphatic heterocycles. The van der Waals surface area contributed by atoms with Crippen LogP contribution in [0.1, 0.15) is 12.5 Å². The van der Waals surface area contributed by atoms with Crippen molar-refractivity contribution >= 4 is 11.6 Å². The van der Waals surface area contributed by atoms with Crippen LogP contribution in [0.25, 0.3) is 0 Å².